The fourth-order valence-corrected chi connectivity index (χ4v) is 5.96. The van der Waals surface area contributed by atoms with Crippen LogP contribution in [0.25, 0.3) is 11.1 Å². The summed E-state index contributed by atoms with van der Waals surface area (Å²) in [4.78, 5) is 43.0. The Labute approximate surface area is 252 Å². The standard InChI is InChI=1S/C32H34F3N5O4/c33-32(34,35)22-5-3-4-20(16-22)30(43)38-18-28(41)40-15-12-24(19-40)39-23-10-13-31(44,14-11-23)27-9-8-21(17-37-27)25-6-1-2-7-26(25)29(36)42/h1-9,16-17,23-24,39,44H,10-15,18-19H2,(H2,36,42)(H,38,43)/t23?,24-,31?/m0/s1. The fourth-order valence-electron chi connectivity index (χ4n) is 5.96. The molecule has 232 valence electrons. The Kier molecular flexibility index (Phi) is 9.02. The first-order valence-electron chi connectivity index (χ1n) is 14.5. The van der Waals surface area contributed by atoms with Crippen LogP contribution >= 0.6 is 0 Å². The number of pyridine rings is 1. The average molecular weight is 610 g/mol. The highest BCUT2D eigenvalue weighted by Crippen LogP contribution is 2.37. The zero-order valence-electron chi connectivity index (χ0n) is 23.9. The van der Waals surface area contributed by atoms with Crippen LogP contribution in [0.1, 0.15) is 64.1 Å². The number of halogens is 3. The van der Waals surface area contributed by atoms with Crippen LogP contribution in [0.3, 0.4) is 0 Å². The van der Waals surface area contributed by atoms with Gasteiger partial charge in [0.15, 0.2) is 0 Å². The molecule has 9 nitrogen and oxygen atoms in total. The zero-order valence-corrected chi connectivity index (χ0v) is 23.9. The highest BCUT2D eigenvalue weighted by atomic mass is 19.4. The molecule has 44 heavy (non-hydrogen) atoms. The second kappa shape index (κ2) is 12.7. The van der Waals surface area contributed by atoms with Crippen molar-refractivity contribution in [2.24, 2.45) is 5.73 Å². The second-order valence-corrected chi connectivity index (χ2v) is 11.4. The minimum atomic E-state index is -4.56. The van der Waals surface area contributed by atoms with Crippen LogP contribution < -0.4 is 16.4 Å². The molecule has 12 heteroatoms. The van der Waals surface area contributed by atoms with E-state index in [1.165, 1.54) is 6.07 Å². The maximum absolute atomic E-state index is 12.9. The number of carbonyl (C=O) groups is 3. The Morgan fingerprint density at radius 2 is 1.75 bits per heavy atom. The normalized spacial score (nSPS) is 22.0. The molecule has 3 amide bonds. The summed E-state index contributed by atoms with van der Waals surface area (Å²) in [5.74, 6) is -1.57. The third-order valence-electron chi connectivity index (χ3n) is 8.42. The van der Waals surface area contributed by atoms with Crippen molar-refractivity contribution in [3.8, 4) is 11.1 Å². The van der Waals surface area contributed by atoms with E-state index in [0.717, 1.165) is 30.2 Å². The molecule has 1 atom stereocenters. The van der Waals surface area contributed by atoms with Crippen molar-refractivity contribution in [2.45, 2.75) is 56.0 Å². The van der Waals surface area contributed by atoms with E-state index in [9.17, 15) is 32.7 Å². The number of nitrogens with zero attached hydrogens (tertiary/aromatic N) is 2. The summed E-state index contributed by atoms with van der Waals surface area (Å²) in [6.45, 7) is 0.648. The summed E-state index contributed by atoms with van der Waals surface area (Å²) in [6, 6.07) is 14.9. The molecule has 1 aliphatic carbocycles. The molecule has 5 rings (SSSR count). The largest absolute Gasteiger partial charge is 0.416 e. The molecule has 1 aromatic heterocycles. The van der Waals surface area contributed by atoms with E-state index in [4.69, 9.17) is 5.73 Å². The molecule has 0 bridgehead atoms. The molecule has 2 aliphatic rings. The third kappa shape index (κ3) is 7.08. The molecule has 0 radical (unpaired) electrons. The van der Waals surface area contributed by atoms with E-state index in [2.05, 4.69) is 15.6 Å². The molecule has 0 unspecified atom stereocenters. The Morgan fingerprint density at radius 3 is 2.43 bits per heavy atom. The number of hydrogen-bond donors (Lipinski definition) is 4. The molecule has 2 aromatic carbocycles. The van der Waals surface area contributed by atoms with E-state index in [0.29, 0.717) is 55.6 Å². The summed E-state index contributed by atoms with van der Waals surface area (Å²) >= 11 is 0. The predicted molar refractivity (Wildman–Crippen MR) is 156 cm³/mol. The number of amides is 3. The molecule has 1 saturated heterocycles. The summed E-state index contributed by atoms with van der Waals surface area (Å²) in [5, 5.41) is 17.4. The molecule has 1 aliphatic heterocycles. The van der Waals surface area contributed by atoms with Crippen LogP contribution in [0.15, 0.2) is 66.9 Å². The first-order chi connectivity index (χ1) is 20.9. The number of carbonyl (C=O) groups excluding carboxylic acids is 3. The predicted octanol–water partition coefficient (Wildman–Crippen LogP) is 3.62. The van der Waals surface area contributed by atoms with Crippen LogP contribution in [-0.4, -0.2) is 64.4 Å². The number of likely N-dealkylation sites (tertiary alicyclic amines) is 1. The lowest BCUT2D eigenvalue weighted by Gasteiger charge is -2.37. The van der Waals surface area contributed by atoms with Crippen molar-refractivity contribution in [2.75, 3.05) is 19.6 Å². The summed E-state index contributed by atoms with van der Waals surface area (Å²) in [6.07, 6.45) is 0.238. The van der Waals surface area contributed by atoms with Gasteiger partial charge in [0.05, 0.1) is 17.8 Å². The first-order valence-corrected chi connectivity index (χ1v) is 14.5. The van der Waals surface area contributed by atoms with E-state index in [1.807, 2.05) is 12.1 Å². The van der Waals surface area contributed by atoms with Crippen LogP contribution in [-0.2, 0) is 16.6 Å². The molecular formula is C32H34F3N5O4. The third-order valence-corrected chi connectivity index (χ3v) is 8.42. The Balaban J connectivity index is 1.08. The number of primary amides is 1. The Morgan fingerprint density at radius 1 is 1.00 bits per heavy atom. The number of hydrogen-bond acceptors (Lipinski definition) is 6. The van der Waals surface area contributed by atoms with Crippen LogP contribution in [0.4, 0.5) is 13.2 Å². The van der Waals surface area contributed by atoms with Crippen molar-refractivity contribution in [1.29, 1.82) is 0 Å². The molecule has 2 heterocycles. The van der Waals surface area contributed by atoms with E-state index >= 15 is 0 Å². The van der Waals surface area contributed by atoms with E-state index < -0.39 is 29.2 Å². The quantitative estimate of drug-likeness (QED) is 0.308. The van der Waals surface area contributed by atoms with Crippen LogP contribution in [0.2, 0.25) is 0 Å². The molecule has 3 aromatic rings. The number of benzene rings is 2. The number of aliphatic hydroxyl groups is 1. The van der Waals surface area contributed by atoms with Crippen molar-refractivity contribution in [1.82, 2.24) is 20.5 Å². The minimum Gasteiger partial charge on any atom is -0.384 e. The summed E-state index contributed by atoms with van der Waals surface area (Å²) in [7, 11) is 0. The number of rotatable bonds is 8. The average Bonchev–Trinajstić information content (AvgIpc) is 3.49. The van der Waals surface area contributed by atoms with Crippen LogP contribution in [0, 0.1) is 0 Å². The lowest BCUT2D eigenvalue weighted by atomic mass is 9.79. The number of nitrogens with two attached hydrogens (primary N) is 1. The summed E-state index contributed by atoms with van der Waals surface area (Å²) in [5.41, 5.74) is 5.73. The molecule has 5 N–H and O–H groups in total. The van der Waals surface area contributed by atoms with Gasteiger partial charge in [-0.05, 0) is 68.0 Å². The topological polar surface area (TPSA) is 138 Å². The van der Waals surface area contributed by atoms with Gasteiger partial charge >= 0.3 is 6.18 Å². The number of nitrogens with one attached hydrogen (secondary N) is 2. The molecule has 2 fully saturated rings. The van der Waals surface area contributed by atoms with E-state index in [-0.39, 0.29) is 30.1 Å². The van der Waals surface area contributed by atoms with Gasteiger partial charge in [-0.2, -0.15) is 13.2 Å². The number of alkyl halides is 3. The van der Waals surface area contributed by atoms with Crippen molar-refractivity contribution >= 4 is 17.7 Å². The van der Waals surface area contributed by atoms with Gasteiger partial charge in [0.2, 0.25) is 11.8 Å². The Bertz CT molecular complexity index is 1520. The minimum absolute atomic E-state index is 0.0528. The smallest absolute Gasteiger partial charge is 0.384 e. The number of aromatic nitrogens is 1. The van der Waals surface area contributed by atoms with Crippen molar-refractivity contribution < 1.29 is 32.7 Å². The van der Waals surface area contributed by atoms with Gasteiger partial charge in [0.25, 0.3) is 5.91 Å². The molecular weight excluding hydrogens is 575 g/mol. The van der Waals surface area contributed by atoms with Crippen molar-refractivity contribution in [3.63, 3.8) is 0 Å². The van der Waals surface area contributed by atoms with Crippen LogP contribution in [0.5, 0.6) is 0 Å². The van der Waals surface area contributed by atoms with Gasteiger partial charge in [-0.15, -0.1) is 0 Å². The van der Waals surface area contributed by atoms with Gasteiger partial charge in [0, 0.05) is 48.1 Å². The lowest BCUT2D eigenvalue weighted by molar-refractivity contribution is -0.137. The SMILES string of the molecule is NC(=O)c1ccccc1-c1ccc(C2(O)CCC(N[C@H]3CCN(C(=O)CNC(=O)c4cccc(C(F)(F)F)c4)C3)CC2)nc1. The van der Waals surface area contributed by atoms with E-state index in [1.54, 1.807) is 35.4 Å². The maximum Gasteiger partial charge on any atom is 0.416 e. The van der Waals surface area contributed by atoms with Gasteiger partial charge in [-0.3, -0.25) is 19.4 Å². The highest BCUT2D eigenvalue weighted by molar-refractivity contribution is 5.99. The van der Waals surface area contributed by atoms with Gasteiger partial charge in [0.1, 0.15) is 5.60 Å². The first kappa shape index (κ1) is 31.1. The Hall–Kier alpha value is -4.29. The second-order valence-electron chi connectivity index (χ2n) is 11.4. The highest BCUT2D eigenvalue weighted by Gasteiger charge is 2.37. The summed E-state index contributed by atoms with van der Waals surface area (Å²) < 4.78 is 38.8. The van der Waals surface area contributed by atoms with Gasteiger partial charge < -0.3 is 26.4 Å². The monoisotopic (exact) mass is 609 g/mol. The fraction of sp³-hybridized carbons (Fsp3) is 0.375. The molecule has 1 saturated carbocycles. The van der Waals surface area contributed by atoms with Gasteiger partial charge in [-0.25, -0.2) is 0 Å². The van der Waals surface area contributed by atoms with Crippen molar-refractivity contribution in [3.05, 3.63) is 89.2 Å². The maximum atomic E-state index is 12.9. The zero-order chi connectivity index (χ0) is 31.5. The lowest BCUT2D eigenvalue weighted by Crippen LogP contribution is -2.46. The molecule has 0 spiro atoms. The van der Waals surface area contributed by atoms with Gasteiger partial charge in [-0.1, -0.05) is 30.3 Å².